The maximum absolute atomic E-state index is 11.8. The van der Waals surface area contributed by atoms with Gasteiger partial charge in [-0.2, -0.15) is 0 Å². The molecule has 1 fully saturated rings. The minimum Gasteiger partial charge on any atom is -0.388 e. The Morgan fingerprint density at radius 3 is 2.93 bits per heavy atom. The molecule has 2 N–H and O–H groups in total. The zero-order valence-corrected chi connectivity index (χ0v) is 9.33. The van der Waals surface area contributed by atoms with E-state index in [1.807, 2.05) is 29.9 Å². The standard InChI is InChI=1S/C10H13N3OS/c1-12-6-4-8(10(12)14)13-5-2-3-7(13)9(11)15/h2-3,5,8H,4,6H2,1H3,(H2,11,15). The number of thiocarbonyl (C=S) groups is 1. The summed E-state index contributed by atoms with van der Waals surface area (Å²) in [6, 6.07) is 3.56. The Morgan fingerprint density at radius 2 is 2.40 bits per heavy atom. The normalized spacial score (nSPS) is 21.0. The Hall–Kier alpha value is -1.36. The number of hydrogen-bond donors (Lipinski definition) is 1. The van der Waals surface area contributed by atoms with Crippen LogP contribution in [-0.2, 0) is 4.79 Å². The average molecular weight is 223 g/mol. The van der Waals surface area contributed by atoms with Gasteiger partial charge in [-0.3, -0.25) is 4.79 Å². The van der Waals surface area contributed by atoms with Crippen molar-refractivity contribution in [3.8, 4) is 0 Å². The van der Waals surface area contributed by atoms with Crippen LogP contribution < -0.4 is 5.73 Å². The molecule has 1 unspecified atom stereocenters. The molecule has 1 atom stereocenters. The van der Waals surface area contributed by atoms with Crippen molar-refractivity contribution < 1.29 is 4.79 Å². The number of rotatable bonds is 2. The third kappa shape index (κ3) is 1.63. The van der Waals surface area contributed by atoms with Crippen LogP contribution in [0, 0.1) is 0 Å². The quantitative estimate of drug-likeness (QED) is 0.744. The Morgan fingerprint density at radius 1 is 1.67 bits per heavy atom. The molecule has 0 aliphatic carbocycles. The van der Waals surface area contributed by atoms with Gasteiger partial charge in [0, 0.05) is 19.8 Å². The van der Waals surface area contributed by atoms with Crippen LogP contribution in [0.25, 0.3) is 0 Å². The van der Waals surface area contributed by atoms with Crippen molar-refractivity contribution in [3.63, 3.8) is 0 Å². The summed E-state index contributed by atoms with van der Waals surface area (Å²) in [5.74, 6) is 0.128. The number of aromatic nitrogens is 1. The Balaban J connectivity index is 2.34. The molecular formula is C10H13N3OS. The highest BCUT2D eigenvalue weighted by Crippen LogP contribution is 2.23. The summed E-state index contributed by atoms with van der Waals surface area (Å²) in [6.45, 7) is 0.790. The molecule has 0 spiro atoms. The number of nitrogens with zero attached hydrogens (tertiary/aromatic N) is 2. The number of amides is 1. The molecule has 0 radical (unpaired) electrons. The highest BCUT2D eigenvalue weighted by Gasteiger charge is 2.31. The van der Waals surface area contributed by atoms with Gasteiger partial charge >= 0.3 is 0 Å². The van der Waals surface area contributed by atoms with Gasteiger partial charge in [-0.05, 0) is 18.6 Å². The van der Waals surface area contributed by atoms with Gasteiger partial charge in [0.2, 0.25) is 5.91 Å². The van der Waals surface area contributed by atoms with E-state index in [0.717, 1.165) is 18.7 Å². The summed E-state index contributed by atoms with van der Waals surface area (Å²) in [5.41, 5.74) is 6.36. The summed E-state index contributed by atoms with van der Waals surface area (Å²) < 4.78 is 1.87. The van der Waals surface area contributed by atoms with Gasteiger partial charge in [0.25, 0.3) is 0 Å². The third-order valence-corrected chi connectivity index (χ3v) is 2.98. The van der Waals surface area contributed by atoms with Crippen LogP contribution in [-0.4, -0.2) is 34.0 Å². The van der Waals surface area contributed by atoms with Gasteiger partial charge in [-0.1, -0.05) is 12.2 Å². The molecule has 1 aromatic heterocycles. The van der Waals surface area contributed by atoms with E-state index in [9.17, 15) is 4.79 Å². The second-order valence-corrected chi connectivity index (χ2v) is 4.17. The van der Waals surface area contributed by atoms with Gasteiger partial charge in [-0.25, -0.2) is 0 Å². The summed E-state index contributed by atoms with van der Waals surface area (Å²) in [4.78, 5) is 13.9. The molecular weight excluding hydrogens is 210 g/mol. The van der Waals surface area contributed by atoms with E-state index in [2.05, 4.69) is 0 Å². The van der Waals surface area contributed by atoms with Crippen molar-refractivity contribution in [1.82, 2.24) is 9.47 Å². The number of nitrogens with two attached hydrogens (primary N) is 1. The van der Waals surface area contributed by atoms with Crippen molar-refractivity contribution in [2.75, 3.05) is 13.6 Å². The maximum atomic E-state index is 11.8. The number of carbonyl (C=O) groups is 1. The van der Waals surface area contributed by atoms with Crippen LogP contribution in [0.15, 0.2) is 18.3 Å². The summed E-state index contributed by atoms with van der Waals surface area (Å²) >= 11 is 4.94. The van der Waals surface area contributed by atoms with Crippen LogP contribution in [0.3, 0.4) is 0 Å². The smallest absolute Gasteiger partial charge is 0.245 e. The van der Waals surface area contributed by atoms with Crippen LogP contribution >= 0.6 is 12.2 Å². The van der Waals surface area contributed by atoms with Crippen molar-refractivity contribution in [3.05, 3.63) is 24.0 Å². The van der Waals surface area contributed by atoms with E-state index in [1.54, 1.807) is 4.90 Å². The first-order valence-corrected chi connectivity index (χ1v) is 5.23. The van der Waals surface area contributed by atoms with Crippen molar-refractivity contribution >= 4 is 23.1 Å². The molecule has 15 heavy (non-hydrogen) atoms. The second kappa shape index (κ2) is 3.66. The molecule has 1 aliphatic rings. The first-order valence-electron chi connectivity index (χ1n) is 4.83. The minimum atomic E-state index is -0.138. The third-order valence-electron chi connectivity index (χ3n) is 2.77. The van der Waals surface area contributed by atoms with E-state index >= 15 is 0 Å². The largest absolute Gasteiger partial charge is 0.388 e. The number of likely N-dealkylation sites (tertiary alicyclic amines) is 1. The molecule has 5 heteroatoms. The molecule has 4 nitrogen and oxygen atoms in total. The lowest BCUT2D eigenvalue weighted by molar-refractivity contribution is -0.129. The molecule has 1 saturated heterocycles. The lowest BCUT2D eigenvalue weighted by atomic mass is 10.2. The molecule has 80 valence electrons. The molecule has 0 bridgehead atoms. The molecule has 2 rings (SSSR count). The average Bonchev–Trinajstić information content (AvgIpc) is 2.75. The van der Waals surface area contributed by atoms with E-state index in [-0.39, 0.29) is 11.9 Å². The van der Waals surface area contributed by atoms with Crippen molar-refractivity contribution in [2.24, 2.45) is 5.73 Å². The highest BCUT2D eigenvalue weighted by molar-refractivity contribution is 7.80. The van der Waals surface area contributed by atoms with Gasteiger partial charge < -0.3 is 15.2 Å². The molecule has 0 aromatic carbocycles. The lowest BCUT2D eigenvalue weighted by Crippen LogP contribution is -2.26. The predicted octanol–water partition coefficient (Wildman–Crippen LogP) is 0.525. The Labute approximate surface area is 93.7 Å². The molecule has 0 saturated carbocycles. The van der Waals surface area contributed by atoms with Crippen LogP contribution in [0.4, 0.5) is 0 Å². The fourth-order valence-electron chi connectivity index (χ4n) is 1.94. The topological polar surface area (TPSA) is 51.3 Å². The molecule has 1 aromatic rings. The van der Waals surface area contributed by atoms with Gasteiger partial charge in [0.1, 0.15) is 11.0 Å². The Bertz CT molecular complexity index is 413. The van der Waals surface area contributed by atoms with Gasteiger partial charge in [0.15, 0.2) is 0 Å². The zero-order chi connectivity index (χ0) is 11.0. The summed E-state index contributed by atoms with van der Waals surface area (Å²) in [6.07, 6.45) is 2.68. The number of likely N-dealkylation sites (N-methyl/N-ethyl adjacent to an activating group) is 1. The highest BCUT2D eigenvalue weighted by atomic mass is 32.1. The fraction of sp³-hybridized carbons (Fsp3) is 0.400. The second-order valence-electron chi connectivity index (χ2n) is 3.73. The monoisotopic (exact) mass is 223 g/mol. The molecule has 1 amide bonds. The molecule has 2 heterocycles. The maximum Gasteiger partial charge on any atom is 0.245 e. The number of hydrogen-bond acceptors (Lipinski definition) is 2. The Kier molecular flexibility index (Phi) is 2.48. The zero-order valence-electron chi connectivity index (χ0n) is 8.51. The SMILES string of the molecule is CN1CCC(n2cccc2C(N)=S)C1=O. The molecule has 1 aliphatic heterocycles. The van der Waals surface area contributed by atoms with Gasteiger partial charge in [-0.15, -0.1) is 0 Å². The lowest BCUT2D eigenvalue weighted by Gasteiger charge is -2.14. The van der Waals surface area contributed by atoms with Crippen molar-refractivity contribution in [2.45, 2.75) is 12.5 Å². The van der Waals surface area contributed by atoms with Crippen molar-refractivity contribution in [1.29, 1.82) is 0 Å². The summed E-state index contributed by atoms with van der Waals surface area (Å²) in [7, 11) is 1.81. The van der Waals surface area contributed by atoms with Crippen LogP contribution in [0.1, 0.15) is 18.2 Å². The van der Waals surface area contributed by atoms with E-state index < -0.39 is 0 Å². The van der Waals surface area contributed by atoms with Crippen LogP contribution in [0.5, 0.6) is 0 Å². The van der Waals surface area contributed by atoms with Crippen LogP contribution in [0.2, 0.25) is 0 Å². The first kappa shape index (κ1) is 10.2. The first-order chi connectivity index (χ1) is 7.11. The summed E-state index contributed by atoms with van der Waals surface area (Å²) in [5, 5.41) is 0. The van der Waals surface area contributed by atoms with E-state index in [4.69, 9.17) is 18.0 Å². The number of carbonyl (C=O) groups excluding carboxylic acids is 1. The van der Waals surface area contributed by atoms with Gasteiger partial charge in [0.05, 0.1) is 5.69 Å². The predicted molar refractivity (Wildman–Crippen MR) is 61.6 cm³/mol. The van der Waals surface area contributed by atoms with E-state index in [1.165, 1.54) is 0 Å². The minimum absolute atomic E-state index is 0.128. The van der Waals surface area contributed by atoms with E-state index in [0.29, 0.717) is 4.99 Å². The fourth-order valence-corrected chi connectivity index (χ4v) is 2.11.